The number of hydrogen-bond acceptors (Lipinski definition) is 6. The van der Waals surface area contributed by atoms with E-state index in [0.29, 0.717) is 13.0 Å². The molecule has 8 heteroatoms. The maximum atomic E-state index is 12.0. The smallest absolute Gasteiger partial charge is 0.304 e. The molecule has 1 heterocycles. The van der Waals surface area contributed by atoms with Crippen molar-refractivity contribution in [3.63, 3.8) is 0 Å². The van der Waals surface area contributed by atoms with Crippen molar-refractivity contribution in [1.82, 2.24) is 10.3 Å². The van der Waals surface area contributed by atoms with E-state index >= 15 is 0 Å². The van der Waals surface area contributed by atoms with Crippen LogP contribution in [0.5, 0.6) is 0 Å². The van der Waals surface area contributed by atoms with Crippen molar-refractivity contribution in [2.45, 2.75) is 13.3 Å². The van der Waals surface area contributed by atoms with Crippen LogP contribution in [0.25, 0.3) is 0 Å². The van der Waals surface area contributed by atoms with Crippen LogP contribution >= 0.6 is 11.3 Å². The molecule has 7 nitrogen and oxygen atoms in total. The Bertz CT molecular complexity index is 684. The summed E-state index contributed by atoms with van der Waals surface area (Å²) in [6.07, 6.45) is 0.584. The van der Waals surface area contributed by atoms with Crippen LogP contribution in [0.3, 0.4) is 0 Å². The number of nitrogens with two attached hydrogens (primary N) is 1. The van der Waals surface area contributed by atoms with E-state index in [9.17, 15) is 14.9 Å². The molecule has 1 aromatic heterocycles. The fourth-order valence-corrected chi connectivity index (χ4v) is 2.62. The van der Waals surface area contributed by atoms with Crippen LogP contribution in [0.15, 0.2) is 23.6 Å². The lowest BCUT2D eigenvalue weighted by Gasteiger charge is -2.06. The molecular weight excluding hydrogens is 292 g/mol. The number of anilines is 1. The van der Waals surface area contributed by atoms with Gasteiger partial charge in [0.25, 0.3) is 5.91 Å². The van der Waals surface area contributed by atoms with Gasteiger partial charge in [-0.05, 0) is 19.1 Å². The number of aromatic nitrogens is 1. The second kappa shape index (κ2) is 6.31. The van der Waals surface area contributed by atoms with Crippen LogP contribution in [0, 0.1) is 17.0 Å². The SMILES string of the molecule is Cc1csc(CCNC(=O)c2cccc(N)c2[N+](=O)[O-])n1. The van der Waals surface area contributed by atoms with Crippen LogP contribution in [0.4, 0.5) is 11.4 Å². The summed E-state index contributed by atoms with van der Waals surface area (Å²) in [5, 5.41) is 16.5. The molecule has 0 saturated carbocycles. The zero-order valence-electron chi connectivity index (χ0n) is 11.3. The van der Waals surface area contributed by atoms with Crippen molar-refractivity contribution >= 4 is 28.6 Å². The Hall–Kier alpha value is -2.48. The van der Waals surface area contributed by atoms with E-state index in [2.05, 4.69) is 10.3 Å². The van der Waals surface area contributed by atoms with Gasteiger partial charge in [0.1, 0.15) is 11.3 Å². The van der Waals surface area contributed by atoms with Gasteiger partial charge in [0, 0.05) is 24.0 Å². The standard InChI is InChI=1S/C13H14N4O3S/c1-8-7-21-11(16-8)5-6-15-13(18)9-3-2-4-10(14)12(9)17(19)20/h2-4,7H,5-6,14H2,1H3,(H,15,18). The van der Waals surface area contributed by atoms with Crippen molar-refractivity contribution in [3.05, 3.63) is 50.0 Å². The van der Waals surface area contributed by atoms with Gasteiger partial charge in [-0.1, -0.05) is 6.07 Å². The average Bonchev–Trinajstić information content (AvgIpc) is 2.83. The van der Waals surface area contributed by atoms with Crippen molar-refractivity contribution in [2.24, 2.45) is 0 Å². The third kappa shape index (κ3) is 3.54. The van der Waals surface area contributed by atoms with Gasteiger partial charge in [-0.3, -0.25) is 14.9 Å². The van der Waals surface area contributed by atoms with E-state index in [1.807, 2.05) is 12.3 Å². The Balaban J connectivity index is 2.04. The molecule has 2 aromatic rings. The number of hydrogen-bond donors (Lipinski definition) is 2. The minimum Gasteiger partial charge on any atom is -0.393 e. The van der Waals surface area contributed by atoms with Crippen LogP contribution in [0.2, 0.25) is 0 Å². The minimum absolute atomic E-state index is 0.0248. The van der Waals surface area contributed by atoms with E-state index in [-0.39, 0.29) is 16.9 Å². The summed E-state index contributed by atoms with van der Waals surface area (Å²) in [6, 6.07) is 4.30. The first-order valence-electron chi connectivity index (χ1n) is 6.21. The van der Waals surface area contributed by atoms with Gasteiger partial charge < -0.3 is 11.1 Å². The first-order chi connectivity index (χ1) is 9.99. The topological polar surface area (TPSA) is 111 Å². The number of thiazole rings is 1. The monoisotopic (exact) mass is 306 g/mol. The number of amides is 1. The van der Waals surface area contributed by atoms with Crippen molar-refractivity contribution in [1.29, 1.82) is 0 Å². The summed E-state index contributed by atoms with van der Waals surface area (Å²) in [6.45, 7) is 2.26. The number of carbonyl (C=O) groups excluding carboxylic acids is 1. The molecule has 1 aromatic carbocycles. The number of nitro benzene ring substituents is 1. The maximum Gasteiger partial charge on any atom is 0.304 e. The number of nitrogen functional groups attached to an aromatic ring is 1. The van der Waals surface area contributed by atoms with E-state index in [1.54, 1.807) is 0 Å². The predicted molar refractivity (Wildman–Crippen MR) is 80.4 cm³/mol. The highest BCUT2D eigenvalue weighted by molar-refractivity contribution is 7.09. The second-order valence-corrected chi connectivity index (χ2v) is 5.33. The van der Waals surface area contributed by atoms with Crippen LogP contribution < -0.4 is 11.1 Å². The van der Waals surface area contributed by atoms with Gasteiger partial charge in [0.15, 0.2) is 0 Å². The molecule has 110 valence electrons. The lowest BCUT2D eigenvalue weighted by molar-refractivity contribution is -0.384. The number of carbonyl (C=O) groups is 1. The molecule has 1 amide bonds. The molecule has 0 aliphatic rings. The third-order valence-electron chi connectivity index (χ3n) is 2.79. The van der Waals surface area contributed by atoms with E-state index in [1.165, 1.54) is 29.5 Å². The normalized spacial score (nSPS) is 10.3. The highest BCUT2D eigenvalue weighted by atomic mass is 32.1. The Morgan fingerprint density at radius 1 is 1.52 bits per heavy atom. The van der Waals surface area contributed by atoms with Gasteiger partial charge in [0.05, 0.1) is 9.93 Å². The number of nitrogens with one attached hydrogen (secondary N) is 1. The number of nitrogens with zero attached hydrogens (tertiary/aromatic N) is 2. The Morgan fingerprint density at radius 3 is 2.90 bits per heavy atom. The van der Waals surface area contributed by atoms with Gasteiger partial charge >= 0.3 is 5.69 Å². The minimum atomic E-state index is -0.644. The number of benzene rings is 1. The first-order valence-corrected chi connectivity index (χ1v) is 7.09. The molecule has 0 atom stereocenters. The van der Waals surface area contributed by atoms with Gasteiger partial charge in [-0.2, -0.15) is 0 Å². The van der Waals surface area contributed by atoms with Crippen molar-refractivity contribution in [3.8, 4) is 0 Å². The van der Waals surface area contributed by atoms with Crippen LogP contribution in [-0.2, 0) is 6.42 Å². The molecule has 0 aliphatic heterocycles. The molecule has 0 fully saturated rings. The Morgan fingerprint density at radius 2 is 2.29 bits per heavy atom. The summed E-state index contributed by atoms with van der Waals surface area (Å²) >= 11 is 1.52. The quantitative estimate of drug-likeness (QED) is 0.498. The highest BCUT2D eigenvalue weighted by Crippen LogP contribution is 2.25. The van der Waals surface area contributed by atoms with E-state index in [0.717, 1.165) is 10.7 Å². The van der Waals surface area contributed by atoms with E-state index in [4.69, 9.17) is 5.73 Å². The molecule has 0 spiro atoms. The summed E-state index contributed by atoms with van der Waals surface area (Å²) in [4.78, 5) is 26.6. The van der Waals surface area contributed by atoms with Gasteiger partial charge in [-0.25, -0.2) is 4.98 Å². The number of aryl methyl sites for hydroxylation is 1. The molecule has 0 aliphatic carbocycles. The van der Waals surface area contributed by atoms with Crippen LogP contribution in [-0.4, -0.2) is 22.4 Å². The van der Waals surface area contributed by atoms with E-state index < -0.39 is 10.8 Å². The lowest BCUT2D eigenvalue weighted by Crippen LogP contribution is -2.26. The predicted octanol–water partition coefficient (Wildman–Crippen LogP) is 1.91. The fourth-order valence-electron chi connectivity index (χ4n) is 1.84. The van der Waals surface area contributed by atoms with Crippen molar-refractivity contribution < 1.29 is 9.72 Å². The first kappa shape index (κ1) is 14.9. The summed E-state index contributed by atoms with van der Waals surface area (Å²) in [5.41, 5.74) is 6.07. The average molecular weight is 306 g/mol. The zero-order chi connectivity index (χ0) is 15.4. The molecule has 2 rings (SSSR count). The molecular formula is C13H14N4O3S. The molecule has 3 N–H and O–H groups in total. The Labute approximate surface area is 125 Å². The molecule has 0 radical (unpaired) electrons. The van der Waals surface area contributed by atoms with Gasteiger partial charge in [0.2, 0.25) is 0 Å². The lowest BCUT2D eigenvalue weighted by atomic mass is 10.1. The number of rotatable bonds is 5. The largest absolute Gasteiger partial charge is 0.393 e. The van der Waals surface area contributed by atoms with Crippen LogP contribution in [0.1, 0.15) is 21.1 Å². The summed E-state index contributed by atoms with van der Waals surface area (Å²) in [5.74, 6) is -0.512. The number of nitro groups is 1. The summed E-state index contributed by atoms with van der Waals surface area (Å²) in [7, 11) is 0. The highest BCUT2D eigenvalue weighted by Gasteiger charge is 2.22. The molecule has 0 saturated heterocycles. The van der Waals surface area contributed by atoms with Crippen molar-refractivity contribution in [2.75, 3.05) is 12.3 Å². The molecule has 21 heavy (non-hydrogen) atoms. The molecule has 0 unspecified atom stereocenters. The zero-order valence-corrected chi connectivity index (χ0v) is 12.1. The maximum absolute atomic E-state index is 12.0. The fraction of sp³-hybridized carbons (Fsp3) is 0.231. The second-order valence-electron chi connectivity index (χ2n) is 4.39. The molecule has 0 bridgehead atoms. The number of para-hydroxylation sites is 1. The third-order valence-corrected chi connectivity index (χ3v) is 3.81. The summed E-state index contributed by atoms with van der Waals surface area (Å²) < 4.78 is 0. The van der Waals surface area contributed by atoms with Gasteiger partial charge in [-0.15, -0.1) is 11.3 Å². The Kier molecular flexibility index (Phi) is 4.49.